The molecule has 206 valence electrons. The Morgan fingerprint density at radius 1 is 1.13 bits per heavy atom. The molecular formula is C26H36N6O5S. The molecule has 4 atom stereocenters. The minimum Gasteiger partial charge on any atom is -0.481 e. The molecule has 38 heavy (non-hydrogen) atoms. The third kappa shape index (κ3) is 6.19. The largest absolute Gasteiger partial charge is 0.481 e. The third-order valence-corrected chi connectivity index (χ3v) is 8.68. The first kappa shape index (κ1) is 28.1. The molecule has 0 aliphatic carbocycles. The van der Waals surface area contributed by atoms with Crippen molar-refractivity contribution >= 4 is 9.84 Å². The van der Waals surface area contributed by atoms with Crippen molar-refractivity contribution in [1.29, 1.82) is 0 Å². The van der Waals surface area contributed by atoms with E-state index >= 15 is 0 Å². The number of methoxy groups -OCH3 is 1. The number of rotatable bonds is 11. The predicted octanol–water partition coefficient (Wildman–Crippen LogP) is 3.66. The van der Waals surface area contributed by atoms with Gasteiger partial charge in [0.05, 0.1) is 30.6 Å². The van der Waals surface area contributed by atoms with E-state index in [1.165, 1.54) is 0 Å². The fourth-order valence-corrected chi connectivity index (χ4v) is 5.93. The second kappa shape index (κ2) is 11.8. The quantitative estimate of drug-likeness (QED) is 0.352. The van der Waals surface area contributed by atoms with Gasteiger partial charge in [-0.2, -0.15) is 0 Å². The van der Waals surface area contributed by atoms with Crippen LogP contribution in [-0.4, -0.2) is 69.3 Å². The Morgan fingerprint density at radius 2 is 1.87 bits per heavy atom. The second-order valence-corrected chi connectivity index (χ2v) is 12.3. The van der Waals surface area contributed by atoms with Crippen molar-refractivity contribution < 1.29 is 22.6 Å². The lowest BCUT2D eigenvalue weighted by atomic mass is 10.1. The molecule has 4 heterocycles. The van der Waals surface area contributed by atoms with Crippen molar-refractivity contribution in [3.05, 3.63) is 47.8 Å². The summed E-state index contributed by atoms with van der Waals surface area (Å²) in [5, 5.41) is 7.78. The van der Waals surface area contributed by atoms with Crippen LogP contribution in [0.25, 0.3) is 11.5 Å². The molecule has 1 saturated heterocycles. The molecule has 0 amide bonds. The van der Waals surface area contributed by atoms with E-state index in [1.54, 1.807) is 38.6 Å². The maximum Gasteiger partial charge on any atom is 0.213 e. The highest BCUT2D eigenvalue weighted by atomic mass is 32.2. The van der Waals surface area contributed by atoms with Gasteiger partial charge in [0.1, 0.15) is 23.4 Å². The molecule has 11 nitrogen and oxygen atoms in total. The van der Waals surface area contributed by atoms with Gasteiger partial charge >= 0.3 is 0 Å². The summed E-state index contributed by atoms with van der Waals surface area (Å²) in [6, 6.07) is 5.14. The van der Waals surface area contributed by atoms with Gasteiger partial charge in [-0.1, -0.05) is 6.07 Å². The number of nitrogens with zero attached hydrogens (tertiary/aromatic N) is 6. The van der Waals surface area contributed by atoms with E-state index in [0.29, 0.717) is 35.7 Å². The average Bonchev–Trinajstić information content (AvgIpc) is 3.57. The molecule has 1 aliphatic rings. The van der Waals surface area contributed by atoms with E-state index in [9.17, 15) is 8.42 Å². The molecule has 0 spiro atoms. The van der Waals surface area contributed by atoms with Crippen LogP contribution < -0.4 is 4.74 Å². The Hall–Kier alpha value is -2.96. The molecule has 0 saturated carbocycles. The van der Waals surface area contributed by atoms with Crippen LogP contribution in [0, 0.1) is 6.92 Å². The van der Waals surface area contributed by atoms with Gasteiger partial charge in [0, 0.05) is 25.1 Å². The van der Waals surface area contributed by atoms with Crippen LogP contribution in [-0.2, 0) is 25.1 Å². The lowest BCUT2D eigenvalue weighted by Crippen LogP contribution is -2.32. The van der Waals surface area contributed by atoms with Crippen LogP contribution in [0.4, 0.5) is 0 Å². The Balaban J connectivity index is 1.71. The molecule has 1 fully saturated rings. The average molecular weight is 545 g/mol. The molecule has 3 aromatic rings. The first-order valence-corrected chi connectivity index (χ1v) is 14.5. The molecule has 3 aromatic heterocycles. The molecular weight excluding hydrogens is 508 g/mol. The Morgan fingerprint density at radius 3 is 2.50 bits per heavy atom. The van der Waals surface area contributed by atoms with Gasteiger partial charge in [0.25, 0.3) is 0 Å². The Kier molecular flexibility index (Phi) is 8.74. The van der Waals surface area contributed by atoms with Crippen molar-refractivity contribution in [2.45, 2.75) is 82.8 Å². The summed E-state index contributed by atoms with van der Waals surface area (Å²) in [6.45, 7) is 9.87. The van der Waals surface area contributed by atoms with Crippen molar-refractivity contribution in [2.24, 2.45) is 0 Å². The van der Waals surface area contributed by atoms with Crippen LogP contribution in [0.3, 0.4) is 0 Å². The van der Waals surface area contributed by atoms with E-state index in [0.717, 1.165) is 18.4 Å². The van der Waals surface area contributed by atoms with Crippen LogP contribution in [0.2, 0.25) is 0 Å². The summed E-state index contributed by atoms with van der Waals surface area (Å²) in [5.74, 6) is 1.19. The number of hydrogen-bond acceptors (Lipinski definition) is 10. The zero-order valence-corrected chi connectivity index (χ0v) is 23.6. The van der Waals surface area contributed by atoms with Crippen molar-refractivity contribution in [3.8, 4) is 17.4 Å². The van der Waals surface area contributed by atoms with Gasteiger partial charge in [-0.05, 0) is 59.1 Å². The van der Waals surface area contributed by atoms with E-state index in [1.807, 2.05) is 38.3 Å². The van der Waals surface area contributed by atoms with Gasteiger partial charge in [-0.3, -0.25) is 0 Å². The maximum atomic E-state index is 13.8. The number of sulfone groups is 1. The van der Waals surface area contributed by atoms with Crippen LogP contribution in [0.1, 0.15) is 69.9 Å². The molecule has 0 aromatic carbocycles. The summed E-state index contributed by atoms with van der Waals surface area (Å²) in [7, 11) is -2.25. The summed E-state index contributed by atoms with van der Waals surface area (Å²) >= 11 is 0. The summed E-state index contributed by atoms with van der Waals surface area (Å²) < 4.78 is 46.7. The lowest BCUT2D eigenvalue weighted by Gasteiger charge is -2.26. The SMILES string of the molecule is COc1cccc(-c2nnc(CS(=O)(=O)[C@@H](C)[C@@H](OC(C)C)c3ncc(C)cn3)n2[C@H](C)[C@@H]2CCCO2)n1. The fraction of sp³-hybridized carbons (Fsp3) is 0.577. The van der Waals surface area contributed by atoms with Gasteiger partial charge in [-0.25, -0.2) is 23.4 Å². The third-order valence-electron chi connectivity index (χ3n) is 6.64. The molecule has 12 heteroatoms. The monoisotopic (exact) mass is 544 g/mol. The van der Waals surface area contributed by atoms with Crippen LogP contribution in [0.15, 0.2) is 30.6 Å². The Labute approximate surface area is 223 Å². The highest BCUT2D eigenvalue weighted by Gasteiger charge is 2.37. The zero-order chi connectivity index (χ0) is 27.4. The van der Waals surface area contributed by atoms with E-state index in [-0.39, 0.29) is 24.0 Å². The molecule has 0 bridgehead atoms. The topological polar surface area (TPSA) is 131 Å². The van der Waals surface area contributed by atoms with E-state index in [2.05, 4.69) is 25.1 Å². The van der Waals surface area contributed by atoms with Crippen LogP contribution in [0.5, 0.6) is 5.88 Å². The van der Waals surface area contributed by atoms with Gasteiger partial charge in [0.2, 0.25) is 5.88 Å². The van der Waals surface area contributed by atoms with Crippen LogP contribution >= 0.6 is 0 Å². The summed E-state index contributed by atoms with van der Waals surface area (Å²) in [4.78, 5) is 13.2. The van der Waals surface area contributed by atoms with E-state index in [4.69, 9.17) is 14.2 Å². The lowest BCUT2D eigenvalue weighted by molar-refractivity contribution is 0.00140. The highest BCUT2D eigenvalue weighted by molar-refractivity contribution is 7.91. The molecule has 0 N–H and O–H groups in total. The minimum atomic E-state index is -3.79. The first-order valence-electron chi connectivity index (χ1n) is 12.8. The van der Waals surface area contributed by atoms with Crippen molar-refractivity contribution in [3.63, 3.8) is 0 Å². The summed E-state index contributed by atoms with van der Waals surface area (Å²) in [6.07, 6.45) is 3.97. The highest BCUT2D eigenvalue weighted by Crippen LogP contribution is 2.32. The first-order chi connectivity index (χ1) is 18.1. The van der Waals surface area contributed by atoms with Gasteiger partial charge in [0.15, 0.2) is 21.5 Å². The van der Waals surface area contributed by atoms with Gasteiger partial charge in [-0.15, -0.1) is 10.2 Å². The van der Waals surface area contributed by atoms with Crippen molar-refractivity contribution in [2.75, 3.05) is 13.7 Å². The number of pyridine rings is 1. The standard InChI is InChI=1S/C26H36N6O5S/c1-16(2)37-24(25-27-13-17(3)14-28-25)19(5)38(33,34)15-22-30-31-26(20-9-7-11-23(29-20)35-6)32(22)18(4)21-10-8-12-36-21/h7,9,11,13-14,16,18-19,21,24H,8,10,12,15H2,1-6H3/t18-,19+,21+,24-/m1/s1. The number of aryl methyl sites for hydroxylation is 1. The summed E-state index contributed by atoms with van der Waals surface area (Å²) in [5.41, 5.74) is 1.41. The maximum absolute atomic E-state index is 13.8. The molecule has 4 rings (SSSR count). The second-order valence-electron chi connectivity index (χ2n) is 9.90. The predicted molar refractivity (Wildman–Crippen MR) is 141 cm³/mol. The normalized spacial score (nSPS) is 18.4. The minimum absolute atomic E-state index is 0.0905. The number of hydrogen-bond donors (Lipinski definition) is 0. The number of ether oxygens (including phenoxy) is 3. The zero-order valence-electron chi connectivity index (χ0n) is 22.7. The molecule has 0 unspecified atom stereocenters. The molecule has 1 aliphatic heterocycles. The van der Waals surface area contributed by atoms with Gasteiger partial charge < -0.3 is 18.8 Å². The smallest absolute Gasteiger partial charge is 0.213 e. The van der Waals surface area contributed by atoms with Crippen molar-refractivity contribution in [1.82, 2.24) is 29.7 Å². The number of aromatic nitrogens is 6. The molecule has 0 radical (unpaired) electrons. The van der Waals surface area contributed by atoms with E-state index < -0.39 is 21.2 Å². The Bertz CT molecular complexity index is 1320. The fourth-order valence-electron chi connectivity index (χ4n) is 4.55.